The maximum absolute atomic E-state index is 11.3. The van der Waals surface area contributed by atoms with Crippen LogP contribution in [0.3, 0.4) is 0 Å². The monoisotopic (exact) mass is 199 g/mol. The van der Waals surface area contributed by atoms with Crippen molar-refractivity contribution in [3.63, 3.8) is 0 Å². The fourth-order valence-electron chi connectivity index (χ4n) is 0.855. The Labute approximate surface area is 78.4 Å². The average molecular weight is 199 g/mol. The number of benzene rings is 1. The molecule has 1 aromatic carbocycles. The predicted molar refractivity (Wildman–Crippen MR) is 51.7 cm³/mol. The van der Waals surface area contributed by atoms with Gasteiger partial charge in [-0.1, -0.05) is 12.1 Å². The van der Waals surface area contributed by atoms with Crippen molar-refractivity contribution in [1.29, 1.82) is 0 Å². The molecule has 0 heterocycles. The zero-order chi connectivity index (χ0) is 9.90. The van der Waals surface area contributed by atoms with Crippen LogP contribution in [-0.2, 0) is 10.2 Å². The van der Waals surface area contributed by atoms with Crippen LogP contribution in [0, 0.1) is 6.07 Å². The molecule has 0 unspecified atom stereocenters. The molecule has 0 bridgehead atoms. The van der Waals surface area contributed by atoms with E-state index < -0.39 is 10.2 Å². The zero-order valence-corrected chi connectivity index (χ0v) is 8.30. The molecule has 0 saturated heterocycles. The third kappa shape index (κ3) is 2.19. The van der Waals surface area contributed by atoms with Crippen molar-refractivity contribution in [2.45, 2.75) is 0 Å². The SMILES string of the molecule is CNS(=O)(=O)N(C)c1c[c]ccc1. The number of hydrogen-bond acceptors (Lipinski definition) is 2. The van der Waals surface area contributed by atoms with E-state index in [2.05, 4.69) is 10.8 Å². The van der Waals surface area contributed by atoms with Crippen LogP contribution < -0.4 is 9.03 Å². The molecule has 0 spiro atoms. The fraction of sp³-hybridized carbons (Fsp3) is 0.250. The maximum atomic E-state index is 11.3. The smallest absolute Gasteiger partial charge is 0.261 e. The average Bonchev–Trinajstić information content (AvgIpc) is 2.18. The minimum atomic E-state index is -3.39. The molecular weight excluding hydrogens is 188 g/mol. The van der Waals surface area contributed by atoms with E-state index >= 15 is 0 Å². The summed E-state index contributed by atoms with van der Waals surface area (Å²) >= 11 is 0. The molecule has 1 radical (unpaired) electrons. The molecule has 1 aromatic rings. The number of rotatable bonds is 3. The molecule has 0 aliphatic heterocycles. The van der Waals surface area contributed by atoms with E-state index in [1.807, 2.05) is 0 Å². The van der Waals surface area contributed by atoms with Crippen LogP contribution in [0.15, 0.2) is 24.3 Å². The Balaban J connectivity index is 2.99. The standard InChI is InChI=1S/C8H11N2O2S/c1-9-13(11,12)10(2)8-6-4-3-5-7-8/h3-4,6-7,9H,1-2H3. The minimum Gasteiger partial charge on any atom is -0.261 e. The highest BCUT2D eigenvalue weighted by Crippen LogP contribution is 2.12. The first-order valence-corrected chi connectivity index (χ1v) is 5.15. The van der Waals surface area contributed by atoms with Gasteiger partial charge in [0.15, 0.2) is 0 Å². The van der Waals surface area contributed by atoms with Crippen molar-refractivity contribution in [1.82, 2.24) is 4.72 Å². The Morgan fingerprint density at radius 1 is 1.54 bits per heavy atom. The van der Waals surface area contributed by atoms with E-state index in [0.717, 1.165) is 4.31 Å². The molecule has 4 nitrogen and oxygen atoms in total. The summed E-state index contributed by atoms with van der Waals surface area (Å²) in [4.78, 5) is 0. The van der Waals surface area contributed by atoms with Crippen molar-refractivity contribution in [2.75, 3.05) is 18.4 Å². The molecule has 71 valence electrons. The lowest BCUT2D eigenvalue weighted by atomic mass is 10.3. The Kier molecular flexibility index (Phi) is 2.90. The lowest BCUT2D eigenvalue weighted by Crippen LogP contribution is -2.35. The molecule has 0 fully saturated rings. The van der Waals surface area contributed by atoms with E-state index in [1.54, 1.807) is 24.3 Å². The first-order chi connectivity index (χ1) is 6.08. The molecule has 0 atom stereocenters. The molecule has 0 saturated carbocycles. The van der Waals surface area contributed by atoms with Gasteiger partial charge in [0.05, 0.1) is 5.69 Å². The Bertz CT molecular complexity index is 361. The highest BCUT2D eigenvalue weighted by atomic mass is 32.2. The molecule has 1 N–H and O–H groups in total. The van der Waals surface area contributed by atoms with Gasteiger partial charge >= 0.3 is 10.2 Å². The van der Waals surface area contributed by atoms with Gasteiger partial charge in [-0.3, -0.25) is 4.31 Å². The molecule has 0 amide bonds. The van der Waals surface area contributed by atoms with Gasteiger partial charge in [0, 0.05) is 14.1 Å². The van der Waals surface area contributed by atoms with Gasteiger partial charge < -0.3 is 0 Å². The Morgan fingerprint density at radius 3 is 2.69 bits per heavy atom. The van der Waals surface area contributed by atoms with E-state index in [-0.39, 0.29) is 0 Å². The van der Waals surface area contributed by atoms with Crippen LogP contribution in [-0.4, -0.2) is 22.5 Å². The molecule has 13 heavy (non-hydrogen) atoms. The normalized spacial score (nSPS) is 11.2. The van der Waals surface area contributed by atoms with Crippen molar-refractivity contribution >= 4 is 15.9 Å². The molecule has 0 aromatic heterocycles. The maximum Gasteiger partial charge on any atom is 0.301 e. The largest absolute Gasteiger partial charge is 0.301 e. The first kappa shape index (κ1) is 10.0. The lowest BCUT2D eigenvalue weighted by Gasteiger charge is -2.17. The topological polar surface area (TPSA) is 49.4 Å². The molecule has 0 aliphatic rings. The van der Waals surface area contributed by atoms with Gasteiger partial charge in [-0.2, -0.15) is 8.42 Å². The van der Waals surface area contributed by atoms with Crippen molar-refractivity contribution in [2.24, 2.45) is 0 Å². The second kappa shape index (κ2) is 3.76. The number of hydrogen-bond donors (Lipinski definition) is 1. The van der Waals surface area contributed by atoms with Gasteiger partial charge in [-0.15, -0.1) is 0 Å². The summed E-state index contributed by atoms with van der Waals surface area (Å²) in [6.45, 7) is 0. The highest BCUT2D eigenvalue weighted by molar-refractivity contribution is 7.90. The van der Waals surface area contributed by atoms with E-state index in [4.69, 9.17) is 0 Å². The molecule has 1 rings (SSSR count). The zero-order valence-electron chi connectivity index (χ0n) is 7.48. The molecular formula is C8H11N2O2S. The van der Waals surface area contributed by atoms with Gasteiger partial charge in [0.25, 0.3) is 0 Å². The first-order valence-electron chi connectivity index (χ1n) is 3.71. The van der Waals surface area contributed by atoms with E-state index in [0.29, 0.717) is 5.69 Å². The Morgan fingerprint density at radius 2 is 2.23 bits per heavy atom. The summed E-state index contributed by atoms with van der Waals surface area (Å²) in [5.74, 6) is 0. The van der Waals surface area contributed by atoms with Crippen molar-refractivity contribution in [3.8, 4) is 0 Å². The third-order valence-corrected chi connectivity index (χ3v) is 3.12. The highest BCUT2D eigenvalue weighted by Gasteiger charge is 2.14. The summed E-state index contributed by atoms with van der Waals surface area (Å²) < 4.78 is 26.0. The summed E-state index contributed by atoms with van der Waals surface area (Å²) in [7, 11) is -0.533. The van der Waals surface area contributed by atoms with E-state index in [1.165, 1.54) is 14.1 Å². The quantitative estimate of drug-likeness (QED) is 0.765. The summed E-state index contributed by atoms with van der Waals surface area (Å²) in [5.41, 5.74) is 0.580. The van der Waals surface area contributed by atoms with Crippen LogP contribution in [0.4, 0.5) is 5.69 Å². The summed E-state index contributed by atoms with van der Waals surface area (Å²) in [6.07, 6.45) is 0. The number of anilines is 1. The van der Waals surface area contributed by atoms with Crippen LogP contribution in [0.5, 0.6) is 0 Å². The van der Waals surface area contributed by atoms with E-state index in [9.17, 15) is 8.42 Å². The van der Waals surface area contributed by atoms with Gasteiger partial charge in [0.2, 0.25) is 0 Å². The number of nitrogens with one attached hydrogen (secondary N) is 1. The predicted octanol–water partition coefficient (Wildman–Crippen LogP) is 0.387. The van der Waals surface area contributed by atoms with Crippen LogP contribution in [0.2, 0.25) is 0 Å². The fourth-order valence-corrected chi connectivity index (χ4v) is 1.52. The van der Waals surface area contributed by atoms with Crippen LogP contribution >= 0.6 is 0 Å². The van der Waals surface area contributed by atoms with Crippen LogP contribution in [0.25, 0.3) is 0 Å². The van der Waals surface area contributed by atoms with Gasteiger partial charge in [0.1, 0.15) is 0 Å². The summed E-state index contributed by atoms with van der Waals surface area (Å²) in [5, 5.41) is 0. The summed E-state index contributed by atoms with van der Waals surface area (Å²) in [6, 6.07) is 9.55. The lowest BCUT2D eigenvalue weighted by molar-refractivity contribution is 0.586. The van der Waals surface area contributed by atoms with Gasteiger partial charge in [-0.25, -0.2) is 4.72 Å². The van der Waals surface area contributed by atoms with Crippen molar-refractivity contribution < 1.29 is 8.42 Å². The second-order valence-electron chi connectivity index (χ2n) is 2.44. The van der Waals surface area contributed by atoms with Crippen LogP contribution in [0.1, 0.15) is 0 Å². The third-order valence-electron chi connectivity index (χ3n) is 1.67. The minimum absolute atomic E-state index is 0.580. The van der Waals surface area contributed by atoms with Crippen molar-refractivity contribution in [3.05, 3.63) is 30.3 Å². The van der Waals surface area contributed by atoms with Gasteiger partial charge in [-0.05, 0) is 18.2 Å². The number of nitrogens with zero attached hydrogens (tertiary/aromatic N) is 1. The second-order valence-corrected chi connectivity index (χ2v) is 4.34. The Hall–Kier alpha value is -1.07. The molecule has 5 heteroatoms. The molecule has 0 aliphatic carbocycles.